The van der Waals surface area contributed by atoms with Crippen molar-refractivity contribution in [3.8, 4) is 0 Å². The molecular weight excluding hydrogens is 344 g/mol. The summed E-state index contributed by atoms with van der Waals surface area (Å²) < 4.78 is 5.19. The van der Waals surface area contributed by atoms with Crippen molar-refractivity contribution in [2.75, 3.05) is 6.61 Å². The lowest BCUT2D eigenvalue weighted by Gasteiger charge is -2.10. The van der Waals surface area contributed by atoms with Crippen molar-refractivity contribution < 1.29 is 14.3 Å². The number of H-pyrrole nitrogens is 1. The molecule has 0 amide bonds. The molecule has 0 unspecified atom stereocenters. The molecule has 6 heteroatoms. The summed E-state index contributed by atoms with van der Waals surface area (Å²) in [7, 11) is 0. The second-order valence-electron chi connectivity index (χ2n) is 6.14. The number of ether oxygens (including phenoxy) is 1. The molecule has 2 aromatic carbocycles. The van der Waals surface area contributed by atoms with Gasteiger partial charge in [0.05, 0.1) is 5.39 Å². The Morgan fingerprint density at radius 2 is 1.78 bits per heavy atom. The highest BCUT2D eigenvalue weighted by Gasteiger charge is 2.18. The topological polar surface area (TPSA) is 89.1 Å². The second-order valence-corrected chi connectivity index (χ2v) is 6.14. The normalized spacial score (nSPS) is 10.7. The molecule has 0 spiro atoms. The van der Waals surface area contributed by atoms with Crippen molar-refractivity contribution in [1.29, 1.82) is 0 Å². The van der Waals surface area contributed by atoms with Crippen LogP contribution in [0.15, 0.2) is 47.3 Å². The number of carbonyl (C=O) groups excluding carboxylic acids is 2. The van der Waals surface area contributed by atoms with Crippen molar-refractivity contribution in [2.45, 2.75) is 26.7 Å². The summed E-state index contributed by atoms with van der Waals surface area (Å²) in [5.41, 5.74) is 2.14. The van der Waals surface area contributed by atoms with E-state index in [4.69, 9.17) is 4.74 Å². The summed E-state index contributed by atoms with van der Waals surface area (Å²) in [6.45, 7) is 3.61. The molecule has 138 valence electrons. The molecule has 0 saturated heterocycles. The highest BCUT2D eigenvalue weighted by Crippen LogP contribution is 2.16. The van der Waals surface area contributed by atoms with E-state index >= 15 is 0 Å². The summed E-state index contributed by atoms with van der Waals surface area (Å²) in [4.78, 5) is 36.8. The number of aromatic amines is 1. The van der Waals surface area contributed by atoms with Gasteiger partial charge in [-0.25, -0.2) is 9.89 Å². The van der Waals surface area contributed by atoms with Crippen molar-refractivity contribution in [3.63, 3.8) is 0 Å². The summed E-state index contributed by atoms with van der Waals surface area (Å²) in [5, 5.41) is 6.81. The number of hydrogen-bond donors (Lipinski definition) is 1. The Bertz CT molecular complexity index is 1070. The van der Waals surface area contributed by atoms with E-state index in [0.717, 1.165) is 17.5 Å². The fourth-order valence-electron chi connectivity index (χ4n) is 2.96. The molecule has 1 N–H and O–H groups in total. The largest absolute Gasteiger partial charge is 0.452 e. The SMILES string of the molecule is CCc1ccc(CC)c(C(=O)COC(=O)c2n[nH]c(=O)c3ccccc23)c1. The number of nitrogens with one attached hydrogen (secondary N) is 1. The zero-order valence-electron chi connectivity index (χ0n) is 15.2. The number of carbonyl (C=O) groups is 2. The lowest BCUT2D eigenvalue weighted by atomic mass is 9.98. The summed E-state index contributed by atoms with van der Waals surface area (Å²) in [6, 6.07) is 12.4. The van der Waals surface area contributed by atoms with Crippen LogP contribution in [0.1, 0.15) is 45.8 Å². The smallest absolute Gasteiger partial charge is 0.359 e. The average Bonchev–Trinajstić information content (AvgIpc) is 2.71. The molecule has 0 fully saturated rings. The molecule has 0 aliphatic rings. The van der Waals surface area contributed by atoms with Gasteiger partial charge in [-0.2, -0.15) is 5.10 Å². The molecule has 0 atom stereocenters. The van der Waals surface area contributed by atoms with Crippen LogP contribution in [0, 0.1) is 0 Å². The maximum atomic E-state index is 12.6. The predicted octanol–water partition coefficient (Wildman–Crippen LogP) is 3.09. The van der Waals surface area contributed by atoms with E-state index in [9.17, 15) is 14.4 Å². The molecule has 3 rings (SSSR count). The summed E-state index contributed by atoms with van der Waals surface area (Å²) in [5.74, 6) is -1.01. The van der Waals surface area contributed by atoms with Gasteiger partial charge in [0, 0.05) is 10.9 Å². The van der Waals surface area contributed by atoms with Gasteiger partial charge in [-0.05, 0) is 36.1 Å². The van der Waals surface area contributed by atoms with Crippen LogP contribution in [0.25, 0.3) is 10.8 Å². The van der Waals surface area contributed by atoms with Gasteiger partial charge in [-0.1, -0.05) is 44.2 Å². The monoisotopic (exact) mass is 364 g/mol. The molecule has 3 aromatic rings. The Kier molecular flexibility index (Phi) is 5.45. The second kappa shape index (κ2) is 7.95. The first-order valence-electron chi connectivity index (χ1n) is 8.84. The fraction of sp³-hybridized carbons (Fsp3) is 0.238. The summed E-state index contributed by atoms with van der Waals surface area (Å²) >= 11 is 0. The maximum Gasteiger partial charge on any atom is 0.359 e. The van der Waals surface area contributed by atoms with E-state index in [1.165, 1.54) is 0 Å². The Morgan fingerprint density at radius 1 is 1.04 bits per heavy atom. The van der Waals surface area contributed by atoms with Crippen LogP contribution in [0.2, 0.25) is 0 Å². The molecule has 1 aromatic heterocycles. The molecule has 27 heavy (non-hydrogen) atoms. The molecule has 0 aliphatic carbocycles. The van der Waals surface area contributed by atoms with E-state index < -0.39 is 5.97 Å². The molecule has 0 radical (unpaired) electrons. The number of aromatic nitrogens is 2. The zero-order valence-corrected chi connectivity index (χ0v) is 15.2. The van der Waals surface area contributed by atoms with E-state index in [-0.39, 0.29) is 23.6 Å². The van der Waals surface area contributed by atoms with Crippen LogP contribution in [-0.2, 0) is 17.6 Å². The van der Waals surface area contributed by atoms with Gasteiger partial charge in [0.25, 0.3) is 5.56 Å². The van der Waals surface area contributed by atoms with Gasteiger partial charge >= 0.3 is 5.97 Å². The number of hydrogen-bond acceptors (Lipinski definition) is 5. The van der Waals surface area contributed by atoms with Crippen molar-refractivity contribution in [3.05, 3.63) is 75.2 Å². The van der Waals surface area contributed by atoms with Gasteiger partial charge in [0.2, 0.25) is 5.78 Å². The quantitative estimate of drug-likeness (QED) is 0.536. The Balaban J connectivity index is 1.82. The number of nitrogens with zero attached hydrogens (tertiary/aromatic N) is 1. The van der Waals surface area contributed by atoms with Crippen LogP contribution in [-0.4, -0.2) is 28.6 Å². The number of Topliss-reactive ketones (excluding diaryl/α,β-unsaturated/α-hetero) is 1. The minimum atomic E-state index is -0.750. The van der Waals surface area contributed by atoms with E-state index in [2.05, 4.69) is 10.2 Å². The lowest BCUT2D eigenvalue weighted by molar-refractivity contribution is 0.0469. The molecule has 0 saturated carbocycles. The van der Waals surface area contributed by atoms with Crippen LogP contribution in [0.3, 0.4) is 0 Å². The number of rotatable bonds is 6. The van der Waals surface area contributed by atoms with Gasteiger partial charge in [-0.15, -0.1) is 0 Å². The Hall–Kier alpha value is -3.28. The number of ketones is 1. The first-order chi connectivity index (χ1) is 13.0. The third-order valence-electron chi connectivity index (χ3n) is 4.49. The number of benzene rings is 2. The number of fused-ring (bicyclic) bond motifs is 1. The molecular formula is C21H20N2O4. The molecule has 0 aliphatic heterocycles. The zero-order chi connectivity index (χ0) is 19.4. The summed E-state index contributed by atoms with van der Waals surface area (Å²) in [6.07, 6.45) is 1.53. The molecule has 6 nitrogen and oxygen atoms in total. The van der Waals surface area contributed by atoms with Gasteiger partial charge in [-0.3, -0.25) is 9.59 Å². The van der Waals surface area contributed by atoms with Crippen molar-refractivity contribution >= 4 is 22.5 Å². The van der Waals surface area contributed by atoms with Gasteiger partial charge < -0.3 is 4.74 Å². The van der Waals surface area contributed by atoms with Crippen LogP contribution in [0.4, 0.5) is 0 Å². The maximum absolute atomic E-state index is 12.6. The molecule has 0 bridgehead atoms. The third kappa shape index (κ3) is 3.79. The lowest BCUT2D eigenvalue weighted by Crippen LogP contribution is -2.19. The minimum Gasteiger partial charge on any atom is -0.452 e. The van der Waals surface area contributed by atoms with Crippen LogP contribution in [0.5, 0.6) is 0 Å². The first kappa shape index (κ1) is 18.5. The predicted molar refractivity (Wildman–Crippen MR) is 102 cm³/mol. The average molecular weight is 364 g/mol. The van der Waals surface area contributed by atoms with Crippen molar-refractivity contribution in [1.82, 2.24) is 10.2 Å². The van der Waals surface area contributed by atoms with Gasteiger partial charge in [0.1, 0.15) is 0 Å². The number of esters is 1. The Morgan fingerprint density at radius 3 is 2.48 bits per heavy atom. The van der Waals surface area contributed by atoms with E-state index in [1.54, 1.807) is 24.3 Å². The van der Waals surface area contributed by atoms with Crippen LogP contribution >= 0.6 is 0 Å². The minimum absolute atomic E-state index is 0.0176. The first-order valence-corrected chi connectivity index (χ1v) is 8.84. The van der Waals surface area contributed by atoms with E-state index in [1.807, 2.05) is 32.0 Å². The highest BCUT2D eigenvalue weighted by molar-refractivity contribution is 6.04. The van der Waals surface area contributed by atoms with E-state index in [0.29, 0.717) is 22.8 Å². The fourth-order valence-corrected chi connectivity index (χ4v) is 2.96. The van der Waals surface area contributed by atoms with Crippen LogP contribution < -0.4 is 5.56 Å². The van der Waals surface area contributed by atoms with Crippen molar-refractivity contribution in [2.24, 2.45) is 0 Å². The highest BCUT2D eigenvalue weighted by atomic mass is 16.5. The van der Waals surface area contributed by atoms with Gasteiger partial charge in [0.15, 0.2) is 12.3 Å². The third-order valence-corrected chi connectivity index (χ3v) is 4.49. The molecule has 1 heterocycles. The number of aryl methyl sites for hydroxylation is 2. The Labute approximate surface area is 156 Å². The standard InChI is InChI=1S/C21H20N2O4/c1-3-13-9-10-14(4-2)17(11-13)18(24)12-27-21(26)19-15-7-5-6-8-16(15)20(25)23-22-19/h5-11H,3-4,12H2,1-2H3,(H,23,25).